The third-order valence-electron chi connectivity index (χ3n) is 4.26. The molecule has 0 fully saturated rings. The van der Waals surface area contributed by atoms with Crippen molar-refractivity contribution < 1.29 is 28.4 Å². The Kier molecular flexibility index (Phi) is 9.66. The molecule has 0 saturated heterocycles. The molecule has 0 aliphatic carbocycles. The Bertz CT molecular complexity index is 895. The van der Waals surface area contributed by atoms with Gasteiger partial charge in [-0.3, -0.25) is 13.8 Å². The molecule has 0 spiro atoms. The predicted molar refractivity (Wildman–Crippen MR) is 114 cm³/mol. The number of hydrogen-bond acceptors (Lipinski definition) is 6. The van der Waals surface area contributed by atoms with Gasteiger partial charge in [0.2, 0.25) is 11.8 Å². The van der Waals surface area contributed by atoms with Crippen LogP contribution in [0.15, 0.2) is 65.6 Å². The predicted octanol–water partition coefficient (Wildman–Crippen LogP) is 0.442. The highest BCUT2D eigenvalue weighted by Crippen LogP contribution is 2.08. The first-order chi connectivity index (χ1) is 14.9. The number of rotatable bonds is 11. The molecule has 0 aliphatic rings. The topological polar surface area (TPSA) is 148 Å². The highest BCUT2D eigenvalue weighted by Gasteiger charge is 2.26. The Morgan fingerprint density at radius 2 is 1.58 bits per heavy atom. The summed E-state index contributed by atoms with van der Waals surface area (Å²) in [6.45, 7) is -0.727. The van der Waals surface area contributed by atoms with Gasteiger partial charge in [-0.1, -0.05) is 48.5 Å². The van der Waals surface area contributed by atoms with E-state index in [1.54, 1.807) is 54.6 Å². The summed E-state index contributed by atoms with van der Waals surface area (Å²) >= 11 is 0. The zero-order valence-electron chi connectivity index (χ0n) is 16.7. The maximum absolute atomic E-state index is 12.4. The summed E-state index contributed by atoms with van der Waals surface area (Å²) < 4.78 is 17.3. The molecule has 0 aliphatic heterocycles. The first-order valence-corrected chi connectivity index (χ1v) is 10.8. The van der Waals surface area contributed by atoms with E-state index in [-0.39, 0.29) is 18.8 Å². The molecule has 3 atom stereocenters. The molecule has 5 N–H and O–H groups in total. The van der Waals surface area contributed by atoms with Crippen molar-refractivity contribution in [2.24, 2.45) is 5.73 Å². The minimum atomic E-state index is -1.38. The Labute approximate surface area is 182 Å². The van der Waals surface area contributed by atoms with Crippen molar-refractivity contribution >= 4 is 28.7 Å². The van der Waals surface area contributed by atoms with Crippen LogP contribution in [0.3, 0.4) is 0 Å². The van der Waals surface area contributed by atoms with Crippen LogP contribution >= 0.6 is 0 Å². The number of aliphatic hydroxyl groups excluding tert-OH is 1. The lowest BCUT2D eigenvalue weighted by Gasteiger charge is -2.20. The van der Waals surface area contributed by atoms with Gasteiger partial charge in [0.25, 0.3) is 0 Å². The summed E-state index contributed by atoms with van der Waals surface area (Å²) in [7, 11) is -1.38. The highest BCUT2D eigenvalue weighted by molar-refractivity contribution is 7.85. The number of primary amides is 1. The number of aliphatic hydroxyl groups is 1. The summed E-state index contributed by atoms with van der Waals surface area (Å²) in [5, 5.41) is 14.1. The third-order valence-corrected chi connectivity index (χ3v) is 5.67. The monoisotopic (exact) mass is 447 g/mol. The quantitative estimate of drug-likeness (QED) is 0.393. The van der Waals surface area contributed by atoms with Gasteiger partial charge in [0.15, 0.2) is 0 Å². The van der Waals surface area contributed by atoms with Crippen LogP contribution in [0.1, 0.15) is 12.0 Å². The number of hydrogen-bond donors (Lipinski definition) is 4. The van der Waals surface area contributed by atoms with Crippen LogP contribution in [0.25, 0.3) is 0 Å². The van der Waals surface area contributed by atoms with Crippen LogP contribution in [0.5, 0.6) is 0 Å². The maximum Gasteiger partial charge on any atom is 0.408 e. The molecule has 0 radical (unpaired) electrons. The van der Waals surface area contributed by atoms with Crippen LogP contribution in [0.4, 0.5) is 4.79 Å². The second-order valence-electron chi connectivity index (χ2n) is 6.56. The summed E-state index contributed by atoms with van der Waals surface area (Å²) in [6, 6.07) is 15.1. The van der Waals surface area contributed by atoms with Crippen LogP contribution in [0.2, 0.25) is 0 Å². The molecule has 0 heterocycles. The van der Waals surface area contributed by atoms with Gasteiger partial charge in [-0.25, -0.2) is 4.79 Å². The SMILES string of the molecule is NC(=O)[C@@H](CC[S@](=O)c1ccccc1)NC(=O)[C@H](CO)NC(=O)OCc1ccccc1. The number of carbonyl (C=O) groups is 3. The Hall–Kier alpha value is -3.24. The summed E-state index contributed by atoms with van der Waals surface area (Å²) in [5.74, 6) is -1.54. The Morgan fingerprint density at radius 3 is 2.16 bits per heavy atom. The number of nitrogens with one attached hydrogen (secondary N) is 2. The summed E-state index contributed by atoms with van der Waals surface area (Å²) in [4.78, 5) is 36.6. The minimum Gasteiger partial charge on any atom is -0.445 e. The molecule has 166 valence electrons. The number of ether oxygens (including phenoxy) is 1. The van der Waals surface area contributed by atoms with E-state index in [1.807, 2.05) is 6.07 Å². The molecule has 0 bridgehead atoms. The van der Waals surface area contributed by atoms with Gasteiger partial charge >= 0.3 is 6.09 Å². The molecule has 31 heavy (non-hydrogen) atoms. The molecular formula is C21H25N3O6S. The zero-order valence-corrected chi connectivity index (χ0v) is 17.5. The smallest absolute Gasteiger partial charge is 0.408 e. The fraction of sp³-hybridized carbons (Fsp3) is 0.286. The van der Waals surface area contributed by atoms with E-state index in [0.29, 0.717) is 4.90 Å². The van der Waals surface area contributed by atoms with Gasteiger partial charge in [0.1, 0.15) is 18.7 Å². The van der Waals surface area contributed by atoms with Crippen molar-refractivity contribution in [3.05, 3.63) is 66.2 Å². The van der Waals surface area contributed by atoms with Crippen molar-refractivity contribution in [3.63, 3.8) is 0 Å². The number of nitrogens with two attached hydrogens (primary N) is 1. The van der Waals surface area contributed by atoms with E-state index >= 15 is 0 Å². The first-order valence-electron chi connectivity index (χ1n) is 9.52. The molecule has 10 heteroatoms. The molecule has 9 nitrogen and oxygen atoms in total. The standard InChI is InChI=1S/C21H25N3O6S/c22-19(26)17(11-12-31(29)16-9-5-2-6-10-16)23-20(27)18(13-25)24-21(28)30-14-15-7-3-1-4-8-15/h1-10,17-18,25H,11-14H2,(H2,22,26)(H,23,27)(H,24,28)/t17-,18+,31+/m1/s1. The van der Waals surface area contributed by atoms with Gasteiger partial charge in [-0.05, 0) is 24.1 Å². The third kappa shape index (κ3) is 8.19. The molecular weight excluding hydrogens is 422 g/mol. The van der Waals surface area contributed by atoms with Crippen molar-refractivity contribution in [1.29, 1.82) is 0 Å². The average molecular weight is 448 g/mol. The van der Waals surface area contributed by atoms with Crippen LogP contribution < -0.4 is 16.4 Å². The second kappa shape index (κ2) is 12.5. The number of carbonyl (C=O) groups excluding carboxylic acids is 3. The molecule has 0 saturated carbocycles. The lowest BCUT2D eigenvalue weighted by molar-refractivity contribution is -0.129. The van der Waals surface area contributed by atoms with Crippen molar-refractivity contribution in [2.75, 3.05) is 12.4 Å². The van der Waals surface area contributed by atoms with Crippen molar-refractivity contribution in [1.82, 2.24) is 10.6 Å². The fourth-order valence-corrected chi connectivity index (χ4v) is 3.72. The fourth-order valence-electron chi connectivity index (χ4n) is 2.57. The van der Waals surface area contributed by atoms with Crippen molar-refractivity contribution in [2.45, 2.75) is 30.0 Å². The Morgan fingerprint density at radius 1 is 0.968 bits per heavy atom. The van der Waals surface area contributed by atoms with Gasteiger partial charge < -0.3 is 26.2 Å². The van der Waals surface area contributed by atoms with Crippen LogP contribution in [0, 0.1) is 0 Å². The van der Waals surface area contributed by atoms with Crippen LogP contribution in [-0.2, 0) is 31.7 Å². The first kappa shape index (κ1) is 24.0. The number of alkyl carbamates (subject to hydrolysis) is 1. The van der Waals surface area contributed by atoms with E-state index in [9.17, 15) is 23.7 Å². The molecule has 2 aromatic carbocycles. The molecule has 0 aromatic heterocycles. The van der Waals surface area contributed by atoms with Gasteiger partial charge in [-0.15, -0.1) is 0 Å². The van der Waals surface area contributed by atoms with E-state index in [2.05, 4.69) is 10.6 Å². The van der Waals surface area contributed by atoms with Gasteiger partial charge in [-0.2, -0.15) is 0 Å². The van der Waals surface area contributed by atoms with E-state index < -0.39 is 47.4 Å². The highest BCUT2D eigenvalue weighted by atomic mass is 32.2. The van der Waals surface area contributed by atoms with Gasteiger partial charge in [0.05, 0.1) is 17.4 Å². The Balaban J connectivity index is 1.86. The second-order valence-corrected chi connectivity index (χ2v) is 8.13. The largest absolute Gasteiger partial charge is 0.445 e. The number of amides is 3. The molecule has 0 unspecified atom stereocenters. The zero-order chi connectivity index (χ0) is 22.6. The maximum atomic E-state index is 12.4. The molecule has 2 rings (SSSR count). The average Bonchev–Trinajstić information content (AvgIpc) is 2.79. The lowest BCUT2D eigenvalue weighted by Crippen LogP contribution is -2.54. The lowest BCUT2D eigenvalue weighted by atomic mass is 10.2. The molecule has 3 amide bonds. The van der Waals surface area contributed by atoms with Crippen molar-refractivity contribution in [3.8, 4) is 0 Å². The van der Waals surface area contributed by atoms with E-state index in [0.717, 1.165) is 5.56 Å². The summed E-state index contributed by atoms with van der Waals surface area (Å²) in [6.07, 6.45) is -0.877. The minimum absolute atomic E-state index is 0.0123. The molecule has 2 aromatic rings. The van der Waals surface area contributed by atoms with Crippen LogP contribution in [-0.4, -0.2) is 51.7 Å². The summed E-state index contributed by atoms with van der Waals surface area (Å²) in [5.41, 5.74) is 6.09. The number of benzene rings is 2. The van der Waals surface area contributed by atoms with E-state index in [4.69, 9.17) is 10.5 Å². The normalized spacial score (nSPS) is 13.5. The van der Waals surface area contributed by atoms with E-state index in [1.165, 1.54) is 0 Å². The van der Waals surface area contributed by atoms with Gasteiger partial charge in [0, 0.05) is 10.6 Å².